The number of ether oxygens (including phenoxy) is 2. The number of likely N-dealkylation sites (N-methyl/N-ethyl adjacent to an activating group) is 1. The van der Waals surface area contributed by atoms with Crippen molar-refractivity contribution >= 4 is 5.57 Å². The lowest BCUT2D eigenvalue weighted by atomic mass is 9.85. The minimum absolute atomic E-state index is 0.804. The van der Waals surface area contributed by atoms with Gasteiger partial charge in [0.15, 0.2) is 0 Å². The Balaban J connectivity index is 1.90. The van der Waals surface area contributed by atoms with E-state index in [-0.39, 0.29) is 0 Å². The SMILES string of the molecule is CNC1(c2ccc(OC)cc2)Oc2ccccc2C(C#Cc2ccccc2)=C1C. The molecule has 3 heteroatoms. The van der Waals surface area contributed by atoms with Gasteiger partial charge in [-0.05, 0) is 62.5 Å². The Kier molecular flexibility index (Phi) is 5.12. The average Bonchev–Trinajstić information content (AvgIpc) is 2.79. The van der Waals surface area contributed by atoms with Gasteiger partial charge in [-0.2, -0.15) is 0 Å². The van der Waals surface area contributed by atoms with Crippen molar-refractivity contribution in [3.8, 4) is 23.3 Å². The number of para-hydroxylation sites is 1. The standard InChI is InChI=1S/C26H23NO2/c1-19-23(18-13-20-9-5-4-6-10-20)24-11-7-8-12-25(24)29-26(19,27-2)21-14-16-22(28-3)17-15-21/h4-12,14-17,27H,1-3H3. The van der Waals surface area contributed by atoms with Crippen molar-refractivity contribution in [1.29, 1.82) is 0 Å². The third-order valence-electron chi connectivity index (χ3n) is 5.28. The first-order chi connectivity index (χ1) is 14.2. The molecule has 0 saturated heterocycles. The molecule has 3 aromatic carbocycles. The van der Waals surface area contributed by atoms with Gasteiger partial charge in [0.05, 0.1) is 7.11 Å². The van der Waals surface area contributed by atoms with Crippen molar-refractivity contribution in [3.63, 3.8) is 0 Å². The van der Waals surface area contributed by atoms with Crippen LogP contribution < -0.4 is 14.8 Å². The molecule has 0 fully saturated rings. The second-order valence-corrected chi connectivity index (χ2v) is 6.87. The van der Waals surface area contributed by atoms with Gasteiger partial charge in [-0.15, -0.1) is 0 Å². The van der Waals surface area contributed by atoms with E-state index in [1.165, 1.54) is 0 Å². The van der Waals surface area contributed by atoms with Gasteiger partial charge < -0.3 is 9.47 Å². The van der Waals surface area contributed by atoms with Crippen molar-refractivity contribution < 1.29 is 9.47 Å². The van der Waals surface area contributed by atoms with Crippen LogP contribution in [0.1, 0.15) is 23.6 Å². The number of nitrogens with one attached hydrogen (secondary N) is 1. The molecule has 1 aliphatic rings. The number of methoxy groups -OCH3 is 1. The van der Waals surface area contributed by atoms with Crippen molar-refractivity contribution in [2.75, 3.05) is 14.2 Å². The van der Waals surface area contributed by atoms with Gasteiger partial charge >= 0.3 is 0 Å². The van der Waals surface area contributed by atoms with Crippen molar-refractivity contribution in [3.05, 3.63) is 101 Å². The summed E-state index contributed by atoms with van der Waals surface area (Å²) in [6, 6.07) is 26.0. The maximum atomic E-state index is 6.55. The summed E-state index contributed by atoms with van der Waals surface area (Å²) in [5, 5.41) is 3.40. The predicted octanol–water partition coefficient (Wildman–Crippen LogP) is 4.99. The van der Waals surface area contributed by atoms with E-state index in [1.54, 1.807) is 7.11 Å². The topological polar surface area (TPSA) is 30.5 Å². The fourth-order valence-electron chi connectivity index (χ4n) is 3.68. The van der Waals surface area contributed by atoms with Gasteiger partial charge in [-0.1, -0.05) is 42.2 Å². The molecule has 1 aliphatic heterocycles. The molecule has 4 rings (SSSR count). The van der Waals surface area contributed by atoms with Crippen LogP contribution in [0.3, 0.4) is 0 Å². The lowest BCUT2D eigenvalue weighted by molar-refractivity contribution is 0.0729. The fourth-order valence-corrected chi connectivity index (χ4v) is 3.68. The highest BCUT2D eigenvalue weighted by Gasteiger charge is 2.41. The molecule has 0 aliphatic carbocycles. The molecule has 1 unspecified atom stereocenters. The molecule has 1 atom stereocenters. The van der Waals surface area contributed by atoms with Crippen LogP contribution in [0.15, 0.2) is 84.4 Å². The molecule has 1 heterocycles. The van der Waals surface area contributed by atoms with E-state index in [9.17, 15) is 0 Å². The maximum absolute atomic E-state index is 6.55. The van der Waals surface area contributed by atoms with Gasteiger partial charge in [0.25, 0.3) is 0 Å². The monoisotopic (exact) mass is 381 g/mol. The normalized spacial score (nSPS) is 17.6. The predicted molar refractivity (Wildman–Crippen MR) is 117 cm³/mol. The smallest absolute Gasteiger partial charge is 0.210 e. The second kappa shape index (κ2) is 7.87. The summed E-state index contributed by atoms with van der Waals surface area (Å²) in [6.45, 7) is 2.08. The van der Waals surface area contributed by atoms with Crippen LogP contribution in [-0.2, 0) is 5.72 Å². The first-order valence-corrected chi connectivity index (χ1v) is 9.58. The minimum Gasteiger partial charge on any atom is -0.497 e. The average molecular weight is 381 g/mol. The highest BCUT2D eigenvalue weighted by atomic mass is 16.5. The van der Waals surface area contributed by atoms with Crippen LogP contribution in [0.2, 0.25) is 0 Å². The van der Waals surface area contributed by atoms with Gasteiger partial charge in [-0.3, -0.25) is 5.32 Å². The number of rotatable bonds is 3. The summed E-state index contributed by atoms with van der Waals surface area (Å²) < 4.78 is 11.9. The Labute approximate surface area is 172 Å². The molecule has 0 aromatic heterocycles. The van der Waals surface area contributed by atoms with E-state index < -0.39 is 5.72 Å². The molecule has 3 nitrogen and oxygen atoms in total. The zero-order chi connectivity index (χ0) is 20.3. The van der Waals surface area contributed by atoms with E-state index >= 15 is 0 Å². The highest BCUT2D eigenvalue weighted by Crippen LogP contribution is 2.44. The summed E-state index contributed by atoms with van der Waals surface area (Å²) in [6.07, 6.45) is 0. The molecule has 144 valence electrons. The van der Waals surface area contributed by atoms with Crippen LogP contribution >= 0.6 is 0 Å². The molecular weight excluding hydrogens is 358 g/mol. The summed E-state index contributed by atoms with van der Waals surface area (Å²) in [5.41, 5.74) is 4.17. The zero-order valence-corrected chi connectivity index (χ0v) is 16.8. The third-order valence-corrected chi connectivity index (χ3v) is 5.28. The number of allylic oxidation sites excluding steroid dienone is 1. The Hall–Kier alpha value is -3.48. The molecule has 29 heavy (non-hydrogen) atoms. The van der Waals surface area contributed by atoms with E-state index in [4.69, 9.17) is 9.47 Å². The van der Waals surface area contributed by atoms with E-state index in [0.29, 0.717) is 0 Å². The van der Waals surface area contributed by atoms with Crippen LogP contribution in [0.5, 0.6) is 11.5 Å². The van der Waals surface area contributed by atoms with Gasteiger partial charge in [0, 0.05) is 27.8 Å². The van der Waals surface area contributed by atoms with Gasteiger partial charge in [0.2, 0.25) is 5.72 Å². The Morgan fingerprint density at radius 3 is 2.24 bits per heavy atom. The molecule has 0 amide bonds. The molecule has 0 radical (unpaired) electrons. The maximum Gasteiger partial charge on any atom is 0.210 e. The lowest BCUT2D eigenvalue weighted by Crippen LogP contribution is -2.48. The quantitative estimate of drug-likeness (QED) is 0.649. The summed E-state index contributed by atoms with van der Waals surface area (Å²) >= 11 is 0. The van der Waals surface area contributed by atoms with E-state index in [1.807, 2.05) is 79.8 Å². The Morgan fingerprint density at radius 2 is 1.55 bits per heavy atom. The van der Waals surface area contributed by atoms with Crippen LogP contribution in [0.4, 0.5) is 0 Å². The molecular formula is C26H23NO2. The third kappa shape index (κ3) is 3.40. The summed E-state index contributed by atoms with van der Waals surface area (Å²) in [4.78, 5) is 0. The Morgan fingerprint density at radius 1 is 0.862 bits per heavy atom. The number of hydrogen-bond acceptors (Lipinski definition) is 3. The van der Waals surface area contributed by atoms with Gasteiger partial charge in [0.1, 0.15) is 11.5 Å². The first kappa shape index (κ1) is 18.9. The van der Waals surface area contributed by atoms with Gasteiger partial charge in [-0.25, -0.2) is 0 Å². The van der Waals surface area contributed by atoms with Crippen LogP contribution in [0.25, 0.3) is 5.57 Å². The number of hydrogen-bond donors (Lipinski definition) is 1. The fraction of sp³-hybridized carbons (Fsp3) is 0.154. The first-order valence-electron chi connectivity index (χ1n) is 9.58. The summed E-state index contributed by atoms with van der Waals surface area (Å²) in [7, 11) is 3.57. The van der Waals surface area contributed by atoms with Crippen LogP contribution in [-0.4, -0.2) is 14.2 Å². The van der Waals surface area contributed by atoms with Crippen molar-refractivity contribution in [2.24, 2.45) is 0 Å². The molecule has 1 N–H and O–H groups in total. The Bertz CT molecular complexity index is 1100. The van der Waals surface area contributed by atoms with Crippen molar-refractivity contribution in [1.82, 2.24) is 5.32 Å². The van der Waals surface area contributed by atoms with Crippen molar-refractivity contribution in [2.45, 2.75) is 12.6 Å². The molecule has 0 spiro atoms. The lowest BCUT2D eigenvalue weighted by Gasteiger charge is -2.40. The minimum atomic E-state index is -0.804. The second-order valence-electron chi connectivity index (χ2n) is 6.87. The van der Waals surface area contributed by atoms with E-state index in [2.05, 4.69) is 30.1 Å². The van der Waals surface area contributed by atoms with Crippen LogP contribution in [0, 0.1) is 11.8 Å². The highest BCUT2D eigenvalue weighted by molar-refractivity contribution is 5.87. The largest absolute Gasteiger partial charge is 0.497 e. The molecule has 0 bridgehead atoms. The number of fused-ring (bicyclic) bond motifs is 1. The number of benzene rings is 3. The molecule has 3 aromatic rings. The van der Waals surface area contributed by atoms with E-state index in [0.717, 1.165) is 39.3 Å². The summed E-state index contributed by atoms with van der Waals surface area (Å²) in [5.74, 6) is 8.33. The molecule has 0 saturated carbocycles. The zero-order valence-electron chi connectivity index (χ0n) is 16.8.